The lowest BCUT2D eigenvalue weighted by atomic mass is 10.0. The molecule has 0 radical (unpaired) electrons. The second kappa shape index (κ2) is 9.55. The number of benzene rings is 2. The number of hydrogen-bond donors (Lipinski definition) is 1. The maximum Gasteiger partial charge on any atom is 0.416 e. The van der Waals surface area contributed by atoms with Crippen LogP contribution < -0.4 is 0 Å². The summed E-state index contributed by atoms with van der Waals surface area (Å²) in [7, 11) is 0. The molecule has 2 atom stereocenters. The lowest BCUT2D eigenvalue weighted by Crippen LogP contribution is -2.48. The molecule has 0 spiro atoms. The van der Waals surface area contributed by atoms with E-state index in [1.807, 2.05) is 18.2 Å². The quantitative estimate of drug-likeness (QED) is 0.490. The molecule has 7 nitrogen and oxygen atoms in total. The molecule has 1 N–H and O–H groups in total. The van der Waals surface area contributed by atoms with E-state index in [0.717, 1.165) is 41.7 Å². The third-order valence-corrected chi connectivity index (χ3v) is 8.47. The van der Waals surface area contributed by atoms with Gasteiger partial charge in [0.1, 0.15) is 0 Å². The van der Waals surface area contributed by atoms with E-state index in [9.17, 15) is 23.1 Å². The van der Waals surface area contributed by atoms with Gasteiger partial charge >= 0.3 is 6.18 Å². The Morgan fingerprint density at radius 1 is 1.16 bits per heavy atom. The van der Waals surface area contributed by atoms with Gasteiger partial charge in [-0.1, -0.05) is 23.8 Å². The fourth-order valence-electron chi connectivity index (χ4n) is 5.63. The van der Waals surface area contributed by atoms with E-state index in [0.29, 0.717) is 34.6 Å². The Bertz CT molecular complexity index is 1480. The number of piperazine rings is 1. The summed E-state index contributed by atoms with van der Waals surface area (Å²) in [4.78, 5) is 22.0. The summed E-state index contributed by atoms with van der Waals surface area (Å²) < 4.78 is 42.3. The number of aliphatic hydroxyl groups excluding tert-OH is 1. The van der Waals surface area contributed by atoms with Crippen LogP contribution in [0.3, 0.4) is 0 Å². The highest BCUT2D eigenvalue weighted by molar-refractivity contribution is 8.18. The van der Waals surface area contributed by atoms with Crippen LogP contribution in [0.25, 0.3) is 17.0 Å². The van der Waals surface area contributed by atoms with Gasteiger partial charge in [0.15, 0.2) is 5.17 Å². The van der Waals surface area contributed by atoms with Crippen molar-refractivity contribution in [3.63, 3.8) is 0 Å². The number of rotatable bonds is 5. The second-order valence-electron chi connectivity index (χ2n) is 10.0. The molecule has 3 aliphatic rings. The number of aliphatic imine (C=N–C) groups is 1. The number of aryl methyl sites for hydroxylation is 1. The van der Waals surface area contributed by atoms with Crippen LogP contribution in [0.2, 0.25) is 0 Å². The lowest BCUT2D eigenvalue weighted by Gasteiger charge is -2.34. The van der Waals surface area contributed by atoms with Crippen LogP contribution >= 0.6 is 11.8 Å². The number of carbonyl (C=O) groups excluding carboxylic acids is 1. The van der Waals surface area contributed by atoms with Crippen molar-refractivity contribution in [3.05, 3.63) is 69.8 Å². The van der Waals surface area contributed by atoms with Crippen molar-refractivity contribution in [3.8, 4) is 0 Å². The molecular weight excluding hydrogens is 515 g/mol. The Hall–Kier alpha value is -3.15. The molecule has 2 fully saturated rings. The number of likely N-dealkylation sites (tertiary alicyclic amines) is 2. The number of aromatic nitrogens is 2. The molecule has 38 heavy (non-hydrogen) atoms. The van der Waals surface area contributed by atoms with Crippen LogP contribution in [0, 0.1) is 6.92 Å². The maximum atomic E-state index is 13.6. The number of alkyl halides is 3. The molecule has 11 heteroatoms. The molecule has 3 aromatic rings. The molecule has 3 aliphatic heterocycles. The number of halogens is 3. The molecule has 2 saturated heterocycles. The summed E-state index contributed by atoms with van der Waals surface area (Å²) >= 11 is 1.37. The third kappa shape index (κ3) is 4.63. The number of nitrogens with zero attached hydrogens (tertiary/aromatic N) is 5. The van der Waals surface area contributed by atoms with Gasteiger partial charge < -0.3 is 10.0 Å². The Labute approximate surface area is 221 Å². The second-order valence-corrected chi connectivity index (χ2v) is 11.0. The predicted octanol–water partition coefficient (Wildman–Crippen LogP) is 4.13. The minimum absolute atomic E-state index is 0.00166. The molecule has 1 aromatic heterocycles. The van der Waals surface area contributed by atoms with Crippen LogP contribution in [0.5, 0.6) is 0 Å². The number of fused-ring (bicyclic) bond motifs is 3. The van der Waals surface area contributed by atoms with E-state index in [1.54, 1.807) is 29.9 Å². The summed E-state index contributed by atoms with van der Waals surface area (Å²) in [6.45, 7) is 4.13. The van der Waals surface area contributed by atoms with E-state index >= 15 is 0 Å². The van der Waals surface area contributed by atoms with Crippen molar-refractivity contribution in [1.82, 2.24) is 19.6 Å². The van der Waals surface area contributed by atoms with Gasteiger partial charge in [-0.25, -0.2) is 0 Å². The van der Waals surface area contributed by atoms with Gasteiger partial charge in [-0.05, 0) is 60.5 Å². The number of aliphatic hydroxyl groups is 1. The van der Waals surface area contributed by atoms with E-state index in [2.05, 4.69) is 19.9 Å². The largest absolute Gasteiger partial charge is 0.416 e. The Kier molecular flexibility index (Phi) is 6.32. The van der Waals surface area contributed by atoms with Gasteiger partial charge in [0.2, 0.25) is 0 Å². The van der Waals surface area contributed by atoms with E-state index in [-0.39, 0.29) is 24.6 Å². The highest BCUT2D eigenvalue weighted by atomic mass is 32.2. The summed E-state index contributed by atoms with van der Waals surface area (Å²) in [6.07, 6.45) is 0.00185. The van der Waals surface area contributed by atoms with Crippen LogP contribution in [-0.2, 0) is 17.5 Å². The monoisotopic (exact) mass is 541 g/mol. The number of hydrogen-bond acceptors (Lipinski definition) is 6. The highest BCUT2D eigenvalue weighted by Gasteiger charge is 2.45. The van der Waals surface area contributed by atoms with E-state index in [4.69, 9.17) is 0 Å². The molecule has 4 heterocycles. The fourth-order valence-corrected chi connectivity index (χ4v) is 6.63. The summed E-state index contributed by atoms with van der Waals surface area (Å²) in [5, 5.41) is 15.1. The molecular formula is C27H26F3N5O2S. The minimum Gasteiger partial charge on any atom is -0.395 e. The van der Waals surface area contributed by atoms with Crippen LogP contribution in [0.1, 0.15) is 28.7 Å². The van der Waals surface area contributed by atoms with Gasteiger partial charge in [-0.15, -0.1) is 0 Å². The lowest BCUT2D eigenvalue weighted by molar-refractivity contribution is -0.138. The SMILES string of the molecule is Cc1ccc(Cn2ncc3cc(/C=C4\SC(N5C[C@@H]6C[C@H]5CN6CCO)=NC4=O)ccc32)c(C(F)(F)F)c1. The predicted molar refractivity (Wildman–Crippen MR) is 141 cm³/mol. The van der Waals surface area contributed by atoms with E-state index in [1.165, 1.54) is 17.8 Å². The number of amides is 1. The molecule has 0 unspecified atom stereocenters. The Morgan fingerprint density at radius 2 is 2.00 bits per heavy atom. The Balaban J connectivity index is 1.18. The first-order valence-corrected chi connectivity index (χ1v) is 13.3. The zero-order valence-electron chi connectivity index (χ0n) is 20.6. The molecule has 2 aromatic carbocycles. The average molecular weight is 542 g/mol. The van der Waals surface area contributed by atoms with E-state index < -0.39 is 11.7 Å². The van der Waals surface area contributed by atoms with Gasteiger partial charge in [0, 0.05) is 37.1 Å². The highest BCUT2D eigenvalue weighted by Crippen LogP contribution is 2.38. The average Bonchev–Trinajstić information content (AvgIpc) is 3.64. The molecule has 0 saturated carbocycles. The smallest absolute Gasteiger partial charge is 0.395 e. The van der Waals surface area contributed by atoms with Crippen molar-refractivity contribution < 1.29 is 23.1 Å². The standard InChI is InChI=1S/C27H26F3N5O2S/c1-16-2-4-18(22(8-16)27(28,29)30)13-35-23-5-3-17(9-19(23)12-31-35)10-24-25(37)32-26(38-24)34-15-20-11-21(34)14-33(20)6-7-36/h2-5,8-10,12,20-21,36H,6-7,11,13-15H2,1H3/b24-10-/t20-,21-/m0/s1. The van der Waals surface area contributed by atoms with Crippen LogP contribution in [0.15, 0.2) is 52.5 Å². The number of β-amino-alcohol motifs (C(OH)–C–C–N with tert-alkyl or cyclic N) is 1. The molecule has 198 valence electrons. The maximum absolute atomic E-state index is 13.6. The fraction of sp³-hybridized carbons (Fsp3) is 0.370. The normalized spacial score (nSPS) is 22.9. The van der Waals surface area contributed by atoms with Crippen molar-refractivity contribution in [2.45, 2.75) is 38.1 Å². The van der Waals surface area contributed by atoms with Crippen LogP contribution in [0.4, 0.5) is 13.2 Å². The van der Waals surface area contributed by atoms with Crippen molar-refractivity contribution in [2.24, 2.45) is 4.99 Å². The van der Waals surface area contributed by atoms with Gasteiger partial charge in [-0.3, -0.25) is 14.4 Å². The summed E-state index contributed by atoms with van der Waals surface area (Å²) in [6, 6.07) is 10.6. The molecule has 2 bridgehead atoms. The summed E-state index contributed by atoms with van der Waals surface area (Å²) in [5.41, 5.74) is 1.57. The first-order valence-electron chi connectivity index (χ1n) is 12.5. The van der Waals surface area contributed by atoms with Crippen molar-refractivity contribution >= 4 is 39.8 Å². The molecule has 0 aliphatic carbocycles. The number of thioether (sulfide) groups is 1. The third-order valence-electron chi connectivity index (χ3n) is 7.45. The molecule has 6 rings (SSSR count). The van der Waals surface area contributed by atoms with Crippen molar-refractivity contribution in [1.29, 1.82) is 0 Å². The summed E-state index contributed by atoms with van der Waals surface area (Å²) in [5.74, 6) is -0.269. The number of carbonyl (C=O) groups is 1. The molecule has 1 amide bonds. The first-order chi connectivity index (χ1) is 18.2. The van der Waals surface area contributed by atoms with Gasteiger partial charge in [0.05, 0.1) is 35.3 Å². The zero-order chi connectivity index (χ0) is 26.6. The van der Waals surface area contributed by atoms with Crippen LogP contribution in [-0.4, -0.2) is 74.1 Å². The number of amidine groups is 1. The van der Waals surface area contributed by atoms with Crippen molar-refractivity contribution in [2.75, 3.05) is 26.2 Å². The zero-order valence-corrected chi connectivity index (χ0v) is 21.5. The first kappa shape index (κ1) is 25.1. The van der Waals surface area contributed by atoms with Gasteiger partial charge in [0.25, 0.3) is 5.91 Å². The van der Waals surface area contributed by atoms with Gasteiger partial charge in [-0.2, -0.15) is 23.3 Å². The topological polar surface area (TPSA) is 74.0 Å². The Morgan fingerprint density at radius 3 is 2.74 bits per heavy atom. The minimum atomic E-state index is -4.44.